The number of hydrogen-bond acceptors (Lipinski definition) is 3. The van der Waals surface area contributed by atoms with E-state index >= 15 is 0 Å². The van der Waals surface area contributed by atoms with Gasteiger partial charge in [-0.05, 0) is 25.0 Å². The fourth-order valence-electron chi connectivity index (χ4n) is 3.12. The van der Waals surface area contributed by atoms with Crippen molar-refractivity contribution in [2.24, 2.45) is 5.73 Å². The van der Waals surface area contributed by atoms with Crippen molar-refractivity contribution in [1.82, 2.24) is 4.90 Å². The fourth-order valence-corrected chi connectivity index (χ4v) is 3.12. The molecule has 106 valence electrons. The third-order valence-electron chi connectivity index (χ3n) is 4.33. The summed E-state index contributed by atoms with van der Waals surface area (Å²) < 4.78 is 14.8. The number of hydrogen-bond donors (Lipinski definition) is 1. The van der Waals surface area contributed by atoms with Gasteiger partial charge in [0.2, 0.25) is 0 Å². The molecule has 3 rings (SSSR count). The van der Waals surface area contributed by atoms with E-state index < -0.39 is 11.6 Å². The number of anilines is 1. The molecule has 0 atom stereocenters. The quantitative estimate of drug-likeness (QED) is 0.736. The van der Waals surface area contributed by atoms with Gasteiger partial charge in [-0.15, -0.1) is 0 Å². The third-order valence-corrected chi connectivity index (χ3v) is 4.33. The van der Waals surface area contributed by atoms with Crippen molar-refractivity contribution in [3.8, 4) is 0 Å². The summed E-state index contributed by atoms with van der Waals surface area (Å²) in [5.41, 5.74) is 5.16. The molecule has 0 unspecified atom stereocenters. The van der Waals surface area contributed by atoms with Gasteiger partial charge in [0.25, 0.3) is 0 Å². The molecule has 2 heterocycles. The Labute approximate surface area is 116 Å². The molecule has 1 saturated heterocycles. The minimum Gasteiger partial charge on any atom is -0.351 e. The van der Waals surface area contributed by atoms with E-state index in [0.717, 1.165) is 5.12 Å². The summed E-state index contributed by atoms with van der Waals surface area (Å²) >= 11 is 0. The number of primary amides is 1. The molecule has 0 aliphatic carbocycles. The Morgan fingerprint density at radius 3 is 2.55 bits per heavy atom. The van der Waals surface area contributed by atoms with Gasteiger partial charge in [-0.3, -0.25) is 4.79 Å². The Kier molecular flexibility index (Phi) is 2.88. The molecule has 0 bridgehead atoms. The SMILES string of the molecule is NC(=O)N1CCC2(CC1)CC(=O)c1ccccc1N2F. The van der Waals surface area contributed by atoms with Gasteiger partial charge in [0.1, 0.15) is 0 Å². The van der Waals surface area contributed by atoms with Crippen molar-refractivity contribution in [3.63, 3.8) is 0 Å². The molecule has 1 aromatic carbocycles. The van der Waals surface area contributed by atoms with Crippen LogP contribution >= 0.6 is 0 Å². The van der Waals surface area contributed by atoms with Gasteiger partial charge in [-0.1, -0.05) is 16.6 Å². The van der Waals surface area contributed by atoms with E-state index in [4.69, 9.17) is 5.73 Å². The minimum absolute atomic E-state index is 0.0398. The van der Waals surface area contributed by atoms with Gasteiger partial charge in [0.15, 0.2) is 5.78 Å². The lowest BCUT2D eigenvalue weighted by atomic mass is 9.78. The van der Waals surface area contributed by atoms with Gasteiger partial charge in [-0.2, -0.15) is 0 Å². The van der Waals surface area contributed by atoms with Crippen molar-refractivity contribution < 1.29 is 14.1 Å². The lowest BCUT2D eigenvalue weighted by Gasteiger charge is -2.47. The van der Waals surface area contributed by atoms with Crippen LogP contribution < -0.4 is 10.9 Å². The first-order valence-electron chi connectivity index (χ1n) is 6.66. The molecule has 0 aromatic heterocycles. The summed E-state index contributed by atoms with van der Waals surface area (Å²) in [6, 6.07) is 6.23. The second kappa shape index (κ2) is 4.47. The summed E-state index contributed by atoms with van der Waals surface area (Å²) in [4.78, 5) is 24.9. The molecular formula is C14H16FN3O2. The molecule has 5 nitrogen and oxygen atoms in total. The third kappa shape index (κ3) is 1.83. The molecule has 1 spiro atoms. The highest BCUT2D eigenvalue weighted by atomic mass is 19.2. The smallest absolute Gasteiger partial charge is 0.314 e. The van der Waals surface area contributed by atoms with E-state index in [2.05, 4.69) is 0 Å². The first kappa shape index (κ1) is 12.9. The summed E-state index contributed by atoms with van der Waals surface area (Å²) in [5.74, 6) is -0.0398. The standard InChI is InChI=1S/C14H16FN3O2/c15-18-11-4-2-1-3-10(11)12(19)9-14(18)5-7-17(8-6-14)13(16)20/h1-4H,5-9H2,(H2,16,20). The van der Waals surface area contributed by atoms with E-state index in [9.17, 15) is 14.1 Å². The maximum Gasteiger partial charge on any atom is 0.314 e. The molecule has 1 aromatic rings. The number of ketones is 1. The van der Waals surface area contributed by atoms with Crippen LogP contribution in [0.1, 0.15) is 29.6 Å². The molecule has 20 heavy (non-hydrogen) atoms. The van der Waals surface area contributed by atoms with E-state index in [1.54, 1.807) is 24.3 Å². The number of halogens is 1. The lowest BCUT2D eigenvalue weighted by Crippen LogP contribution is -2.57. The topological polar surface area (TPSA) is 66.6 Å². The Morgan fingerprint density at radius 1 is 1.25 bits per heavy atom. The van der Waals surface area contributed by atoms with Gasteiger partial charge < -0.3 is 10.6 Å². The van der Waals surface area contributed by atoms with Gasteiger partial charge >= 0.3 is 6.03 Å². The normalized spacial score (nSPS) is 20.9. The largest absolute Gasteiger partial charge is 0.351 e. The molecule has 0 saturated carbocycles. The summed E-state index contributed by atoms with van der Waals surface area (Å²) in [7, 11) is 0. The van der Waals surface area contributed by atoms with Gasteiger partial charge in [0, 0.05) is 25.1 Å². The highest BCUT2D eigenvalue weighted by molar-refractivity contribution is 6.04. The van der Waals surface area contributed by atoms with Crippen LogP contribution in [-0.2, 0) is 0 Å². The number of carbonyl (C=O) groups is 2. The van der Waals surface area contributed by atoms with Crippen LogP contribution in [0.15, 0.2) is 24.3 Å². The number of rotatable bonds is 0. The van der Waals surface area contributed by atoms with Crippen LogP contribution in [0.25, 0.3) is 0 Å². The molecule has 2 amide bonds. The van der Waals surface area contributed by atoms with Crippen LogP contribution in [-0.4, -0.2) is 35.3 Å². The number of para-hydroxylation sites is 1. The number of fused-ring (bicyclic) bond motifs is 1. The van der Waals surface area contributed by atoms with Crippen LogP contribution in [0.3, 0.4) is 0 Å². The van der Waals surface area contributed by atoms with Crippen molar-refractivity contribution in [2.75, 3.05) is 18.2 Å². The van der Waals surface area contributed by atoms with Gasteiger partial charge in [0.05, 0.1) is 11.2 Å². The predicted octanol–water partition coefficient (Wildman–Crippen LogP) is 1.88. The number of urea groups is 1. The van der Waals surface area contributed by atoms with Crippen LogP contribution in [0.2, 0.25) is 0 Å². The van der Waals surface area contributed by atoms with Crippen molar-refractivity contribution in [2.45, 2.75) is 24.8 Å². The summed E-state index contributed by atoms with van der Waals surface area (Å²) in [5, 5.41) is 0.724. The lowest BCUT2D eigenvalue weighted by molar-refractivity contribution is 0.0811. The predicted molar refractivity (Wildman–Crippen MR) is 72.1 cm³/mol. The molecule has 6 heteroatoms. The number of carbonyl (C=O) groups excluding carboxylic acids is 2. The van der Waals surface area contributed by atoms with Crippen molar-refractivity contribution >= 4 is 17.5 Å². The highest BCUT2D eigenvalue weighted by Crippen LogP contribution is 2.42. The Bertz CT molecular complexity index is 567. The number of amides is 2. The highest BCUT2D eigenvalue weighted by Gasteiger charge is 2.47. The Hall–Kier alpha value is -2.11. The second-order valence-electron chi connectivity index (χ2n) is 5.45. The zero-order valence-electron chi connectivity index (χ0n) is 11.0. The number of nitrogens with zero attached hydrogens (tertiary/aromatic N) is 2. The maximum absolute atomic E-state index is 14.8. The monoisotopic (exact) mass is 277 g/mol. The number of Topliss-reactive ketones (excluding diaryl/α,β-unsaturated/α-hetero) is 1. The molecule has 2 N–H and O–H groups in total. The van der Waals surface area contributed by atoms with Crippen molar-refractivity contribution in [1.29, 1.82) is 0 Å². The average Bonchev–Trinajstić information content (AvgIpc) is 2.46. The van der Waals surface area contributed by atoms with Crippen LogP contribution in [0, 0.1) is 0 Å². The van der Waals surface area contributed by atoms with Crippen LogP contribution in [0.4, 0.5) is 15.0 Å². The number of piperidine rings is 1. The first-order valence-corrected chi connectivity index (χ1v) is 6.66. The molecule has 2 aliphatic heterocycles. The molecule has 2 aliphatic rings. The maximum atomic E-state index is 14.8. The number of nitrogens with two attached hydrogens (primary N) is 1. The van der Waals surface area contributed by atoms with E-state index in [1.807, 2.05) is 0 Å². The first-order chi connectivity index (χ1) is 9.53. The summed E-state index contributed by atoms with van der Waals surface area (Å²) in [6.07, 6.45) is 0.964. The average molecular weight is 277 g/mol. The summed E-state index contributed by atoms with van der Waals surface area (Å²) in [6.45, 7) is 0.760. The molecular weight excluding hydrogens is 261 g/mol. The Balaban J connectivity index is 1.90. The molecule has 0 radical (unpaired) electrons. The van der Waals surface area contributed by atoms with Crippen molar-refractivity contribution in [3.05, 3.63) is 29.8 Å². The number of benzene rings is 1. The zero-order valence-corrected chi connectivity index (χ0v) is 11.0. The van der Waals surface area contributed by atoms with E-state index in [1.165, 1.54) is 4.90 Å². The number of likely N-dealkylation sites (tertiary alicyclic amines) is 1. The van der Waals surface area contributed by atoms with E-state index in [-0.39, 0.29) is 12.2 Å². The minimum atomic E-state index is -0.836. The second-order valence-corrected chi connectivity index (χ2v) is 5.45. The fraction of sp³-hybridized carbons (Fsp3) is 0.429. The van der Waals surface area contributed by atoms with Gasteiger partial charge in [-0.25, -0.2) is 9.92 Å². The molecule has 1 fully saturated rings. The zero-order chi connectivity index (χ0) is 14.3. The van der Waals surface area contributed by atoms with E-state index in [0.29, 0.717) is 37.2 Å². The van der Waals surface area contributed by atoms with Crippen LogP contribution in [0.5, 0.6) is 0 Å². The Morgan fingerprint density at radius 2 is 1.90 bits per heavy atom.